The van der Waals surface area contributed by atoms with Crippen molar-refractivity contribution in [3.05, 3.63) is 34.3 Å². The van der Waals surface area contributed by atoms with E-state index < -0.39 is 0 Å². The quantitative estimate of drug-likeness (QED) is 0.481. The zero-order valence-corrected chi connectivity index (χ0v) is 10.5. The highest BCUT2D eigenvalue weighted by molar-refractivity contribution is 6.54. The van der Waals surface area contributed by atoms with Crippen LogP contribution >= 0.6 is 23.2 Å². The summed E-state index contributed by atoms with van der Waals surface area (Å²) in [7, 11) is 0. The van der Waals surface area contributed by atoms with E-state index in [4.69, 9.17) is 16.4 Å². The van der Waals surface area contributed by atoms with Crippen LogP contribution in [0.2, 0.25) is 5.02 Å². The molecular weight excluding hydrogens is 219 g/mol. The van der Waals surface area contributed by atoms with Crippen LogP contribution in [0.25, 0.3) is 0 Å². The number of carbonyl (C=O) groups excluding carboxylic acids is 1. The first kappa shape index (κ1) is 15.9. The Labute approximate surface area is 96.0 Å². The molecular formula is C11H16Cl2O. The van der Waals surface area contributed by atoms with E-state index in [0.29, 0.717) is 0 Å². The second kappa shape index (κ2) is 10.6. The average Bonchev–Trinajstić information content (AvgIpc) is 2.17. The highest BCUT2D eigenvalue weighted by Crippen LogP contribution is 2.14. The summed E-state index contributed by atoms with van der Waals surface area (Å²) in [6.45, 7) is 8.07. The van der Waals surface area contributed by atoms with Crippen molar-refractivity contribution < 1.29 is 4.79 Å². The van der Waals surface area contributed by atoms with Crippen molar-refractivity contribution in [2.75, 3.05) is 0 Å². The molecule has 0 unspecified atom stereocenters. The molecule has 0 N–H and O–H groups in total. The Balaban J connectivity index is 0. The lowest BCUT2D eigenvalue weighted by molar-refractivity contribution is 0.569. The summed E-state index contributed by atoms with van der Waals surface area (Å²) >= 11 is 10.1. The van der Waals surface area contributed by atoms with Gasteiger partial charge in [-0.05, 0) is 37.1 Å². The third-order valence-electron chi connectivity index (χ3n) is 1.31. The van der Waals surface area contributed by atoms with Crippen molar-refractivity contribution in [3.63, 3.8) is 0 Å². The molecule has 1 aromatic rings. The zero-order chi connectivity index (χ0) is 11.6. The van der Waals surface area contributed by atoms with Gasteiger partial charge in [0.2, 0.25) is 5.75 Å². The van der Waals surface area contributed by atoms with E-state index in [-0.39, 0.29) is 5.75 Å². The van der Waals surface area contributed by atoms with Crippen LogP contribution in [0.3, 0.4) is 0 Å². The SMILES string of the molecule is CC.Cc1ccc(Cl)c(C)c1.O=CCl. The lowest BCUT2D eigenvalue weighted by atomic mass is 10.2. The number of halogens is 2. The van der Waals surface area contributed by atoms with Crippen LogP contribution in [-0.2, 0) is 4.79 Å². The van der Waals surface area contributed by atoms with E-state index in [0.717, 1.165) is 10.6 Å². The third-order valence-corrected chi connectivity index (χ3v) is 1.74. The molecule has 0 aliphatic carbocycles. The van der Waals surface area contributed by atoms with Crippen LogP contribution < -0.4 is 0 Å². The molecule has 0 saturated heterocycles. The van der Waals surface area contributed by atoms with Gasteiger partial charge in [0.1, 0.15) is 0 Å². The minimum Gasteiger partial charge on any atom is -0.285 e. The molecule has 0 saturated carbocycles. The van der Waals surface area contributed by atoms with Gasteiger partial charge in [0.25, 0.3) is 0 Å². The highest BCUT2D eigenvalue weighted by atomic mass is 35.5. The van der Waals surface area contributed by atoms with Crippen LogP contribution in [0, 0.1) is 13.8 Å². The number of rotatable bonds is 0. The lowest BCUT2D eigenvalue weighted by Crippen LogP contribution is -1.75. The Morgan fingerprint density at radius 3 is 1.93 bits per heavy atom. The van der Waals surface area contributed by atoms with Crippen LogP contribution in [0.5, 0.6) is 0 Å². The third kappa shape index (κ3) is 8.09. The number of hydrogen-bond donors (Lipinski definition) is 0. The zero-order valence-electron chi connectivity index (χ0n) is 8.97. The molecule has 80 valence electrons. The summed E-state index contributed by atoms with van der Waals surface area (Å²) in [5, 5.41) is 0.848. The summed E-state index contributed by atoms with van der Waals surface area (Å²) in [5.74, 6) is 0.222. The second-order valence-corrected chi connectivity index (χ2v) is 2.93. The van der Waals surface area contributed by atoms with E-state index in [9.17, 15) is 0 Å². The maximum absolute atomic E-state index is 8.57. The lowest BCUT2D eigenvalue weighted by Gasteiger charge is -1.96. The predicted molar refractivity (Wildman–Crippen MR) is 64.9 cm³/mol. The van der Waals surface area contributed by atoms with E-state index >= 15 is 0 Å². The molecule has 0 spiro atoms. The van der Waals surface area contributed by atoms with Crippen molar-refractivity contribution in [1.29, 1.82) is 0 Å². The Bertz CT molecular complexity index is 259. The summed E-state index contributed by atoms with van der Waals surface area (Å²) in [4.78, 5) is 8.57. The van der Waals surface area contributed by atoms with Crippen LogP contribution in [-0.4, -0.2) is 5.75 Å². The van der Waals surface area contributed by atoms with Crippen LogP contribution in [0.15, 0.2) is 18.2 Å². The van der Waals surface area contributed by atoms with Crippen molar-refractivity contribution in [1.82, 2.24) is 0 Å². The molecule has 1 aromatic carbocycles. The van der Waals surface area contributed by atoms with Crippen LogP contribution in [0.4, 0.5) is 0 Å². The summed E-state index contributed by atoms with van der Waals surface area (Å²) in [5.41, 5.74) is 2.41. The molecule has 0 atom stereocenters. The van der Waals surface area contributed by atoms with Gasteiger partial charge in [0.15, 0.2) is 0 Å². The monoisotopic (exact) mass is 234 g/mol. The fourth-order valence-corrected chi connectivity index (χ4v) is 0.912. The smallest absolute Gasteiger partial charge is 0.208 e. The van der Waals surface area contributed by atoms with Gasteiger partial charge in [-0.3, -0.25) is 4.79 Å². The van der Waals surface area contributed by atoms with Gasteiger partial charge in [0.05, 0.1) is 0 Å². The molecule has 0 amide bonds. The first-order valence-corrected chi connectivity index (χ1v) is 5.20. The minimum absolute atomic E-state index is 0.222. The normalized spacial score (nSPS) is 7.57. The van der Waals surface area contributed by atoms with Gasteiger partial charge < -0.3 is 0 Å². The fraction of sp³-hybridized carbons (Fsp3) is 0.364. The number of benzene rings is 1. The largest absolute Gasteiger partial charge is 0.285 e. The van der Waals surface area contributed by atoms with E-state index in [2.05, 4.69) is 24.6 Å². The number of hydrogen-bond acceptors (Lipinski definition) is 1. The van der Waals surface area contributed by atoms with E-state index in [1.54, 1.807) is 0 Å². The maximum Gasteiger partial charge on any atom is 0.208 e. The van der Waals surface area contributed by atoms with Gasteiger partial charge in [-0.15, -0.1) is 0 Å². The summed E-state index contributed by atoms with van der Waals surface area (Å²) in [6, 6.07) is 6.00. The summed E-state index contributed by atoms with van der Waals surface area (Å²) in [6.07, 6.45) is 0. The molecule has 3 heteroatoms. The van der Waals surface area contributed by atoms with Gasteiger partial charge in [-0.25, -0.2) is 0 Å². The van der Waals surface area contributed by atoms with Gasteiger partial charge >= 0.3 is 0 Å². The first-order valence-electron chi connectivity index (χ1n) is 4.38. The van der Waals surface area contributed by atoms with Crippen molar-refractivity contribution in [2.45, 2.75) is 27.7 Å². The van der Waals surface area contributed by atoms with Gasteiger partial charge in [-0.1, -0.05) is 43.1 Å². The maximum atomic E-state index is 8.57. The second-order valence-electron chi connectivity index (χ2n) is 2.34. The van der Waals surface area contributed by atoms with Crippen LogP contribution in [0.1, 0.15) is 25.0 Å². The van der Waals surface area contributed by atoms with Crippen molar-refractivity contribution in [2.24, 2.45) is 0 Å². The number of carbonyl (C=O) groups is 1. The molecule has 0 fully saturated rings. The summed E-state index contributed by atoms with van der Waals surface area (Å²) < 4.78 is 0. The first-order chi connectivity index (χ1) is 6.61. The topological polar surface area (TPSA) is 17.1 Å². The Morgan fingerprint density at radius 2 is 1.64 bits per heavy atom. The number of aryl methyl sites for hydroxylation is 2. The minimum atomic E-state index is 0.222. The molecule has 0 aromatic heterocycles. The predicted octanol–water partition coefficient (Wildman–Crippen LogP) is 4.40. The van der Waals surface area contributed by atoms with Gasteiger partial charge in [0, 0.05) is 5.02 Å². The Morgan fingerprint density at radius 1 is 1.21 bits per heavy atom. The fourth-order valence-electron chi connectivity index (χ4n) is 0.795. The van der Waals surface area contributed by atoms with Gasteiger partial charge in [-0.2, -0.15) is 0 Å². The molecule has 0 aliphatic rings. The van der Waals surface area contributed by atoms with Crippen molar-refractivity contribution in [3.8, 4) is 0 Å². The highest BCUT2D eigenvalue weighted by Gasteiger charge is 1.91. The average molecular weight is 235 g/mol. The van der Waals surface area contributed by atoms with E-state index in [1.165, 1.54) is 5.56 Å². The molecule has 0 bridgehead atoms. The molecule has 0 aliphatic heterocycles. The standard InChI is InChI=1S/C8H9Cl.C2H6.CHClO/c1-6-3-4-8(9)7(2)5-6;1-2;2-1-3/h3-5H,1-2H3;1-2H3;1H. The molecule has 0 radical (unpaired) electrons. The molecule has 0 heterocycles. The Kier molecular flexibility index (Phi) is 12.0. The molecule has 1 rings (SSSR count). The van der Waals surface area contributed by atoms with Crippen molar-refractivity contribution >= 4 is 28.9 Å². The van der Waals surface area contributed by atoms with E-state index in [1.807, 2.05) is 32.9 Å². The molecule has 1 nitrogen and oxygen atoms in total. The molecule has 14 heavy (non-hydrogen) atoms. The Hall–Kier alpha value is -0.530.